The molecule has 0 spiro atoms. The van der Waals surface area contributed by atoms with Gasteiger partial charge >= 0.3 is 0 Å². The summed E-state index contributed by atoms with van der Waals surface area (Å²) in [5, 5.41) is 3.78. The molecule has 1 rings (SSSR count). The van der Waals surface area contributed by atoms with Crippen molar-refractivity contribution in [1.82, 2.24) is 5.59 Å². The number of nitrogens with two attached hydrogens (primary N) is 1. The minimum absolute atomic E-state index is 1.06. The predicted octanol–water partition coefficient (Wildman–Crippen LogP) is 0.701. The fraction of sp³-hybridized carbons (Fsp3) is 0.833. The first kappa shape index (κ1) is 7.50. The Labute approximate surface area is 60.3 Å². The average molecular weight is 143 g/mol. The van der Waals surface area contributed by atoms with Crippen LogP contribution in [0.5, 0.6) is 0 Å². The van der Waals surface area contributed by atoms with Gasteiger partial charge in [0, 0.05) is 0 Å². The van der Waals surface area contributed by atoms with Gasteiger partial charge in [0.1, 0.15) is 0 Å². The highest BCUT2D eigenvalue weighted by Crippen LogP contribution is 2.14. The summed E-state index contributed by atoms with van der Waals surface area (Å²) >= 11 is 0. The lowest BCUT2D eigenvalue weighted by atomic mass is 9.99. The zero-order chi connectivity index (χ0) is 7.23. The van der Waals surface area contributed by atoms with Crippen LogP contribution in [0.2, 0.25) is 0 Å². The number of rotatable bonds is 2. The Hall–Kier alpha value is -0.610. The molecule has 58 valence electrons. The predicted molar refractivity (Wildman–Crippen MR) is 38.9 cm³/mol. The summed E-state index contributed by atoms with van der Waals surface area (Å²) in [6, 6.07) is 0. The molecule has 0 heterocycles. The largest absolute Gasteiger partial charge is 0.285 e. The maximum atomic E-state index is 4.87. The summed E-state index contributed by atoms with van der Waals surface area (Å²) in [4.78, 5) is 4.49. The van der Waals surface area contributed by atoms with Crippen molar-refractivity contribution >= 4 is 5.71 Å². The molecule has 0 saturated heterocycles. The summed E-state index contributed by atoms with van der Waals surface area (Å²) < 4.78 is 0. The Bertz CT molecular complexity index is 116. The third-order valence-electron chi connectivity index (χ3n) is 1.66. The van der Waals surface area contributed by atoms with E-state index in [1.807, 2.05) is 5.59 Å². The molecule has 10 heavy (non-hydrogen) atoms. The van der Waals surface area contributed by atoms with Gasteiger partial charge in [-0.25, -0.2) is 5.84 Å². The van der Waals surface area contributed by atoms with E-state index in [-0.39, 0.29) is 0 Å². The van der Waals surface area contributed by atoms with Gasteiger partial charge < -0.3 is 0 Å². The van der Waals surface area contributed by atoms with Crippen molar-refractivity contribution in [3.05, 3.63) is 0 Å². The van der Waals surface area contributed by atoms with Crippen LogP contribution in [0, 0.1) is 0 Å². The van der Waals surface area contributed by atoms with E-state index in [4.69, 9.17) is 5.84 Å². The van der Waals surface area contributed by atoms with Crippen molar-refractivity contribution in [2.45, 2.75) is 32.1 Å². The number of nitrogens with one attached hydrogen (secondary N) is 1. The van der Waals surface area contributed by atoms with E-state index in [0.717, 1.165) is 18.6 Å². The molecule has 1 fully saturated rings. The summed E-state index contributed by atoms with van der Waals surface area (Å²) in [5.74, 6) is 4.87. The molecule has 0 aromatic carbocycles. The van der Waals surface area contributed by atoms with Crippen LogP contribution in [0.4, 0.5) is 0 Å². The minimum atomic E-state index is 1.06. The van der Waals surface area contributed by atoms with Crippen LogP contribution in [-0.4, -0.2) is 5.71 Å². The second-order valence-electron chi connectivity index (χ2n) is 2.43. The fourth-order valence-corrected chi connectivity index (χ4v) is 1.14. The van der Waals surface area contributed by atoms with E-state index in [2.05, 4.69) is 10.1 Å². The second kappa shape index (κ2) is 4.24. The Morgan fingerprint density at radius 2 is 2.00 bits per heavy atom. The molecule has 0 aliphatic heterocycles. The number of hydrogen-bond acceptors (Lipinski definition) is 4. The van der Waals surface area contributed by atoms with Crippen molar-refractivity contribution in [3.8, 4) is 0 Å². The van der Waals surface area contributed by atoms with Gasteiger partial charge in [0.15, 0.2) is 0 Å². The topological polar surface area (TPSA) is 59.6 Å². The normalized spacial score (nSPS) is 18.7. The van der Waals surface area contributed by atoms with E-state index >= 15 is 0 Å². The first-order valence-electron chi connectivity index (χ1n) is 3.61. The molecule has 1 saturated carbocycles. The van der Waals surface area contributed by atoms with Crippen molar-refractivity contribution in [1.29, 1.82) is 0 Å². The van der Waals surface area contributed by atoms with Crippen molar-refractivity contribution < 1.29 is 4.94 Å². The zero-order valence-corrected chi connectivity index (χ0v) is 5.97. The average Bonchev–Trinajstić information content (AvgIpc) is 2.03. The third kappa shape index (κ3) is 2.33. The van der Waals surface area contributed by atoms with E-state index < -0.39 is 0 Å². The Balaban J connectivity index is 2.23. The maximum Gasteiger partial charge on any atom is 0.0598 e. The van der Waals surface area contributed by atoms with Crippen LogP contribution in [0.3, 0.4) is 0 Å². The van der Waals surface area contributed by atoms with E-state index in [1.165, 1.54) is 19.3 Å². The number of nitrogens with zero attached hydrogens (tertiary/aromatic N) is 1. The van der Waals surface area contributed by atoms with Crippen LogP contribution in [0.25, 0.3) is 0 Å². The van der Waals surface area contributed by atoms with Crippen LogP contribution in [0.15, 0.2) is 5.16 Å². The molecule has 1 aliphatic carbocycles. The van der Waals surface area contributed by atoms with Crippen LogP contribution < -0.4 is 11.4 Å². The van der Waals surface area contributed by atoms with Crippen molar-refractivity contribution in [2.75, 3.05) is 0 Å². The first-order chi connectivity index (χ1) is 4.93. The van der Waals surface area contributed by atoms with Crippen LogP contribution in [-0.2, 0) is 4.94 Å². The molecule has 0 aromatic rings. The smallest absolute Gasteiger partial charge is 0.0598 e. The molecule has 0 radical (unpaired) electrons. The highest BCUT2D eigenvalue weighted by Gasteiger charge is 2.06. The Morgan fingerprint density at radius 1 is 1.30 bits per heavy atom. The Kier molecular flexibility index (Phi) is 3.18. The van der Waals surface area contributed by atoms with Gasteiger partial charge in [0.2, 0.25) is 0 Å². The fourth-order valence-electron chi connectivity index (χ4n) is 1.14. The van der Waals surface area contributed by atoms with Gasteiger partial charge in [-0.3, -0.25) is 4.94 Å². The molecule has 0 bridgehead atoms. The number of oxime groups is 1. The molecule has 1 aliphatic rings. The lowest BCUT2D eigenvalue weighted by Gasteiger charge is -2.10. The molecule has 0 aromatic heterocycles. The van der Waals surface area contributed by atoms with Gasteiger partial charge in [-0.1, -0.05) is 17.2 Å². The minimum Gasteiger partial charge on any atom is -0.285 e. The molecule has 0 atom stereocenters. The van der Waals surface area contributed by atoms with Gasteiger partial charge in [0.25, 0.3) is 0 Å². The first-order valence-corrected chi connectivity index (χ1v) is 3.61. The second-order valence-corrected chi connectivity index (χ2v) is 2.43. The van der Waals surface area contributed by atoms with Crippen molar-refractivity contribution in [3.63, 3.8) is 0 Å². The van der Waals surface area contributed by atoms with Crippen molar-refractivity contribution in [2.24, 2.45) is 11.0 Å². The van der Waals surface area contributed by atoms with Gasteiger partial charge in [-0.15, -0.1) is 0 Å². The molecule has 3 N–H and O–H groups in total. The highest BCUT2D eigenvalue weighted by molar-refractivity contribution is 5.84. The summed E-state index contributed by atoms with van der Waals surface area (Å²) in [5.41, 5.74) is 3.14. The summed E-state index contributed by atoms with van der Waals surface area (Å²) in [6.45, 7) is 0. The molecular formula is C6H13N3O. The Morgan fingerprint density at radius 3 is 2.60 bits per heavy atom. The number of hydrazine groups is 1. The molecule has 0 amide bonds. The standard InChI is InChI=1S/C6H13N3O/c7-9-10-8-6-4-2-1-3-5-6/h9H,1-5,7H2. The molecular weight excluding hydrogens is 130 g/mol. The number of hydrogen-bond donors (Lipinski definition) is 2. The van der Waals surface area contributed by atoms with Gasteiger partial charge in [-0.05, 0) is 25.7 Å². The molecule has 0 unspecified atom stereocenters. The van der Waals surface area contributed by atoms with Gasteiger partial charge in [0.05, 0.1) is 5.71 Å². The monoisotopic (exact) mass is 143 g/mol. The van der Waals surface area contributed by atoms with Gasteiger partial charge in [-0.2, -0.15) is 0 Å². The summed E-state index contributed by atoms with van der Waals surface area (Å²) in [6.07, 6.45) is 5.89. The third-order valence-corrected chi connectivity index (χ3v) is 1.66. The maximum absolute atomic E-state index is 4.87. The SMILES string of the molecule is NNON=C1CCCCC1. The summed E-state index contributed by atoms with van der Waals surface area (Å²) in [7, 11) is 0. The van der Waals surface area contributed by atoms with Crippen LogP contribution in [0.1, 0.15) is 32.1 Å². The van der Waals surface area contributed by atoms with E-state index in [1.54, 1.807) is 0 Å². The lowest BCUT2D eigenvalue weighted by Crippen LogP contribution is -2.20. The molecule has 4 nitrogen and oxygen atoms in total. The quantitative estimate of drug-likeness (QED) is 0.442. The van der Waals surface area contributed by atoms with Crippen LogP contribution >= 0.6 is 0 Å². The molecule has 4 heteroatoms. The lowest BCUT2D eigenvalue weighted by molar-refractivity contribution is 0.0456. The van der Waals surface area contributed by atoms with E-state index in [9.17, 15) is 0 Å². The van der Waals surface area contributed by atoms with E-state index in [0.29, 0.717) is 0 Å². The highest BCUT2D eigenvalue weighted by atomic mass is 16.8. The zero-order valence-electron chi connectivity index (χ0n) is 5.97.